The van der Waals surface area contributed by atoms with Gasteiger partial charge in [0.1, 0.15) is 0 Å². The minimum Gasteiger partial charge on any atom is -0.384 e. The molecule has 1 amide bonds. The van der Waals surface area contributed by atoms with Crippen LogP contribution in [0.5, 0.6) is 0 Å². The van der Waals surface area contributed by atoms with E-state index in [0.717, 1.165) is 37.9 Å². The van der Waals surface area contributed by atoms with Gasteiger partial charge in [0.25, 0.3) is 0 Å². The Balaban J connectivity index is 1.93. The van der Waals surface area contributed by atoms with Crippen molar-refractivity contribution in [2.45, 2.75) is 38.0 Å². The van der Waals surface area contributed by atoms with Crippen LogP contribution >= 0.6 is 0 Å². The number of rotatable bonds is 11. The molecule has 0 saturated carbocycles. The summed E-state index contributed by atoms with van der Waals surface area (Å²) in [5, 5.41) is 12.1. The summed E-state index contributed by atoms with van der Waals surface area (Å²) in [4.78, 5) is 13.2. The number of hydrogen-bond acceptors (Lipinski definition) is 4. The number of amides is 1. The van der Waals surface area contributed by atoms with E-state index < -0.39 is 0 Å². The van der Waals surface area contributed by atoms with Gasteiger partial charge in [-0.15, -0.1) is 0 Å². The lowest BCUT2D eigenvalue weighted by molar-refractivity contribution is -0.129. The summed E-state index contributed by atoms with van der Waals surface area (Å²) in [6.45, 7) is 0.877. The fraction of sp³-hybridized carbons (Fsp3) is 0.409. The molecule has 0 saturated heterocycles. The third-order valence-electron chi connectivity index (χ3n) is 4.79. The topological polar surface area (TPSA) is 64.6 Å². The van der Waals surface area contributed by atoms with Gasteiger partial charge in [0.2, 0.25) is 5.91 Å². The minimum atomic E-state index is -0.309. The van der Waals surface area contributed by atoms with E-state index in [1.165, 1.54) is 11.3 Å². The highest BCUT2D eigenvalue weighted by atomic mass is 16.5. The number of benzene rings is 2. The predicted molar refractivity (Wildman–Crippen MR) is 111 cm³/mol. The van der Waals surface area contributed by atoms with Gasteiger partial charge in [-0.3, -0.25) is 10.0 Å². The van der Waals surface area contributed by atoms with Gasteiger partial charge in [0, 0.05) is 44.4 Å². The van der Waals surface area contributed by atoms with Crippen LogP contribution in [-0.4, -0.2) is 31.8 Å². The van der Waals surface area contributed by atoms with E-state index in [9.17, 15) is 4.79 Å². The van der Waals surface area contributed by atoms with Crippen molar-refractivity contribution in [3.63, 3.8) is 0 Å². The zero-order chi connectivity index (χ0) is 19.5. The van der Waals surface area contributed by atoms with E-state index in [4.69, 9.17) is 5.21 Å². The quantitative estimate of drug-likeness (QED) is 0.312. The van der Waals surface area contributed by atoms with E-state index in [0.29, 0.717) is 12.3 Å². The highest BCUT2D eigenvalue weighted by Crippen LogP contribution is 2.25. The Bertz CT molecular complexity index is 672. The second-order valence-corrected chi connectivity index (χ2v) is 7.06. The van der Waals surface area contributed by atoms with Gasteiger partial charge in [0.05, 0.1) is 0 Å². The molecule has 2 aromatic rings. The fourth-order valence-electron chi connectivity index (χ4n) is 3.14. The molecule has 0 fully saturated rings. The van der Waals surface area contributed by atoms with Crippen molar-refractivity contribution in [3.8, 4) is 0 Å². The standard InChI is InChI=1S/C22H31N3O2/c1-25(2)21-15-13-18(14-16-21)19(9-5-3-8-12-22(26)24-27)17-23-20-10-6-4-7-11-20/h4,6-7,10-11,13-16,19,23,27H,3,5,8-9,12,17H2,1-2H3,(H,24,26)/t19-/m1/s1. The Morgan fingerprint density at radius 1 is 1.00 bits per heavy atom. The molecule has 0 aliphatic rings. The maximum absolute atomic E-state index is 11.1. The summed E-state index contributed by atoms with van der Waals surface area (Å²) < 4.78 is 0. The Morgan fingerprint density at radius 2 is 1.70 bits per heavy atom. The molecule has 0 aromatic heterocycles. The first kappa shape index (κ1) is 20.8. The molecule has 5 heteroatoms. The highest BCUT2D eigenvalue weighted by molar-refractivity contribution is 5.74. The molecule has 0 unspecified atom stereocenters. The molecule has 0 bridgehead atoms. The van der Waals surface area contributed by atoms with Crippen LogP contribution in [0.3, 0.4) is 0 Å². The van der Waals surface area contributed by atoms with Gasteiger partial charge in [-0.2, -0.15) is 0 Å². The fourth-order valence-corrected chi connectivity index (χ4v) is 3.14. The lowest BCUT2D eigenvalue weighted by Crippen LogP contribution is -2.17. The van der Waals surface area contributed by atoms with Crippen molar-refractivity contribution < 1.29 is 10.0 Å². The molecule has 27 heavy (non-hydrogen) atoms. The minimum absolute atomic E-state index is 0.309. The zero-order valence-electron chi connectivity index (χ0n) is 16.3. The third-order valence-corrected chi connectivity index (χ3v) is 4.79. The van der Waals surface area contributed by atoms with Gasteiger partial charge >= 0.3 is 0 Å². The summed E-state index contributed by atoms with van der Waals surface area (Å²) in [6.07, 6.45) is 4.26. The predicted octanol–water partition coefficient (Wildman–Crippen LogP) is 4.40. The van der Waals surface area contributed by atoms with Crippen LogP contribution in [0.4, 0.5) is 11.4 Å². The molecule has 146 valence electrons. The Kier molecular flexibility index (Phi) is 8.65. The van der Waals surface area contributed by atoms with Crippen molar-refractivity contribution in [3.05, 3.63) is 60.2 Å². The molecule has 5 nitrogen and oxygen atoms in total. The van der Waals surface area contributed by atoms with Crippen LogP contribution in [0.2, 0.25) is 0 Å². The Labute approximate surface area is 162 Å². The third kappa shape index (κ3) is 7.31. The summed E-state index contributed by atoms with van der Waals surface area (Å²) in [5.41, 5.74) is 5.35. The first-order chi connectivity index (χ1) is 13.1. The number of nitrogens with zero attached hydrogens (tertiary/aromatic N) is 1. The smallest absolute Gasteiger partial charge is 0.243 e. The van der Waals surface area contributed by atoms with Crippen molar-refractivity contribution in [2.75, 3.05) is 30.9 Å². The molecule has 0 aliphatic heterocycles. The summed E-state index contributed by atoms with van der Waals surface area (Å²) >= 11 is 0. The van der Waals surface area contributed by atoms with Crippen molar-refractivity contribution >= 4 is 17.3 Å². The molecular weight excluding hydrogens is 338 g/mol. The molecule has 1 atom stereocenters. The average Bonchev–Trinajstić information content (AvgIpc) is 2.70. The van der Waals surface area contributed by atoms with Crippen LogP contribution in [0.25, 0.3) is 0 Å². The SMILES string of the molecule is CN(C)c1ccc([C@H](CCCCCC(=O)NO)CNc2ccccc2)cc1. The van der Waals surface area contributed by atoms with Crippen LogP contribution in [0.15, 0.2) is 54.6 Å². The lowest BCUT2D eigenvalue weighted by atomic mass is 9.92. The van der Waals surface area contributed by atoms with Gasteiger partial charge in [-0.05, 0) is 42.7 Å². The number of para-hydroxylation sites is 1. The molecule has 0 heterocycles. The first-order valence-corrected chi connectivity index (χ1v) is 9.59. The monoisotopic (exact) mass is 369 g/mol. The van der Waals surface area contributed by atoms with Crippen molar-refractivity contribution in [1.82, 2.24) is 5.48 Å². The van der Waals surface area contributed by atoms with Gasteiger partial charge in [0.15, 0.2) is 0 Å². The van der Waals surface area contributed by atoms with E-state index in [-0.39, 0.29) is 5.91 Å². The van der Waals surface area contributed by atoms with Crippen LogP contribution in [0.1, 0.15) is 43.6 Å². The van der Waals surface area contributed by atoms with Gasteiger partial charge in [-0.25, -0.2) is 5.48 Å². The number of nitrogens with one attached hydrogen (secondary N) is 2. The lowest BCUT2D eigenvalue weighted by Gasteiger charge is -2.20. The normalized spacial score (nSPS) is 11.7. The Hall–Kier alpha value is -2.53. The first-order valence-electron chi connectivity index (χ1n) is 9.59. The largest absolute Gasteiger partial charge is 0.384 e. The molecule has 2 rings (SSSR count). The molecule has 0 radical (unpaired) electrons. The summed E-state index contributed by atoms with van der Waals surface area (Å²) in [7, 11) is 4.10. The molecule has 3 N–H and O–H groups in total. The van der Waals surface area contributed by atoms with E-state index in [2.05, 4.69) is 46.6 Å². The second kappa shape index (κ2) is 11.2. The van der Waals surface area contributed by atoms with Crippen LogP contribution < -0.4 is 15.7 Å². The second-order valence-electron chi connectivity index (χ2n) is 7.06. The number of carbonyl (C=O) groups is 1. The number of hydrogen-bond donors (Lipinski definition) is 3. The number of hydroxylamine groups is 1. The van der Waals surface area contributed by atoms with Gasteiger partial charge in [-0.1, -0.05) is 43.2 Å². The molecule has 2 aromatic carbocycles. The van der Waals surface area contributed by atoms with Crippen LogP contribution in [0, 0.1) is 0 Å². The van der Waals surface area contributed by atoms with Crippen molar-refractivity contribution in [2.24, 2.45) is 0 Å². The van der Waals surface area contributed by atoms with Crippen LogP contribution in [-0.2, 0) is 4.79 Å². The van der Waals surface area contributed by atoms with Gasteiger partial charge < -0.3 is 10.2 Å². The Morgan fingerprint density at radius 3 is 2.33 bits per heavy atom. The maximum Gasteiger partial charge on any atom is 0.243 e. The number of unbranched alkanes of at least 4 members (excludes halogenated alkanes) is 2. The van der Waals surface area contributed by atoms with E-state index in [1.807, 2.05) is 32.3 Å². The molecule has 0 spiro atoms. The summed E-state index contributed by atoms with van der Waals surface area (Å²) in [6, 6.07) is 19.0. The molecular formula is C22H31N3O2. The highest BCUT2D eigenvalue weighted by Gasteiger charge is 2.12. The number of anilines is 2. The zero-order valence-corrected chi connectivity index (χ0v) is 16.3. The maximum atomic E-state index is 11.1. The summed E-state index contributed by atoms with van der Waals surface area (Å²) in [5.74, 6) is 0.102. The molecule has 0 aliphatic carbocycles. The van der Waals surface area contributed by atoms with E-state index >= 15 is 0 Å². The number of carbonyl (C=O) groups excluding carboxylic acids is 1. The average molecular weight is 370 g/mol. The van der Waals surface area contributed by atoms with E-state index in [1.54, 1.807) is 5.48 Å². The van der Waals surface area contributed by atoms with Crippen molar-refractivity contribution in [1.29, 1.82) is 0 Å².